The Hall–Kier alpha value is -1.88. The lowest BCUT2D eigenvalue weighted by atomic mass is 9.93. The number of imidazole rings is 1. The fraction of sp³-hybridized carbons (Fsp3) is 0.385. The van der Waals surface area contributed by atoms with E-state index in [-0.39, 0.29) is 5.69 Å². The first kappa shape index (κ1) is 11.2. The first-order chi connectivity index (χ1) is 8.75. The number of pyridine rings is 1. The zero-order valence-corrected chi connectivity index (χ0v) is 9.97. The van der Waals surface area contributed by atoms with Crippen LogP contribution in [-0.4, -0.2) is 26.5 Å². The fourth-order valence-corrected chi connectivity index (χ4v) is 2.23. The van der Waals surface area contributed by atoms with E-state index in [9.17, 15) is 4.79 Å². The van der Waals surface area contributed by atoms with E-state index >= 15 is 0 Å². The quantitative estimate of drug-likeness (QED) is 0.860. The van der Waals surface area contributed by atoms with Gasteiger partial charge in [0.25, 0.3) is 0 Å². The van der Waals surface area contributed by atoms with Crippen LogP contribution in [0.15, 0.2) is 24.4 Å². The van der Waals surface area contributed by atoms with E-state index < -0.39 is 5.97 Å². The summed E-state index contributed by atoms with van der Waals surface area (Å²) in [4.78, 5) is 15.4. The molecule has 0 spiro atoms. The highest BCUT2D eigenvalue weighted by Crippen LogP contribution is 2.19. The Bertz CT molecular complexity index is 587. The third kappa shape index (κ3) is 1.86. The molecule has 94 valence electrons. The number of nitrogens with one attached hydrogen (secondary N) is 1. The number of rotatable bonds is 4. The lowest BCUT2D eigenvalue weighted by Gasteiger charge is -2.26. The van der Waals surface area contributed by atoms with Gasteiger partial charge in [0.2, 0.25) is 0 Å². The molecule has 0 aromatic carbocycles. The molecule has 5 heteroatoms. The molecule has 2 heterocycles. The van der Waals surface area contributed by atoms with E-state index in [2.05, 4.69) is 10.3 Å². The third-order valence-corrected chi connectivity index (χ3v) is 3.48. The molecule has 1 aliphatic carbocycles. The topological polar surface area (TPSA) is 66.6 Å². The first-order valence-electron chi connectivity index (χ1n) is 6.18. The number of aromatic carboxylic acids is 1. The maximum atomic E-state index is 11.1. The largest absolute Gasteiger partial charge is 0.476 e. The normalized spacial score (nSPS) is 15.8. The standard InChI is InChI=1S/C13H15N3O2/c17-13(18)12-10-6-1-2-7-16(10)11(15-12)8-14-9-4-3-5-9/h1-2,6-7,9,14H,3-5,8H2,(H,17,18). The van der Waals surface area contributed by atoms with Crippen molar-refractivity contribution in [2.45, 2.75) is 31.8 Å². The van der Waals surface area contributed by atoms with Crippen LogP contribution in [0.4, 0.5) is 0 Å². The summed E-state index contributed by atoms with van der Waals surface area (Å²) < 4.78 is 1.84. The van der Waals surface area contributed by atoms with E-state index in [1.807, 2.05) is 22.7 Å². The zero-order valence-electron chi connectivity index (χ0n) is 9.97. The monoisotopic (exact) mass is 245 g/mol. The number of carboxylic acids is 1. The van der Waals surface area contributed by atoms with Crippen molar-refractivity contribution in [1.82, 2.24) is 14.7 Å². The van der Waals surface area contributed by atoms with Crippen LogP contribution >= 0.6 is 0 Å². The van der Waals surface area contributed by atoms with Gasteiger partial charge in [0.05, 0.1) is 12.1 Å². The average molecular weight is 245 g/mol. The van der Waals surface area contributed by atoms with Crippen molar-refractivity contribution in [3.8, 4) is 0 Å². The number of nitrogens with zero attached hydrogens (tertiary/aromatic N) is 2. The molecule has 0 unspecified atom stereocenters. The molecule has 3 rings (SSSR count). The van der Waals surface area contributed by atoms with Crippen LogP contribution in [0.25, 0.3) is 5.52 Å². The van der Waals surface area contributed by atoms with Gasteiger partial charge >= 0.3 is 5.97 Å². The molecule has 0 saturated heterocycles. The smallest absolute Gasteiger partial charge is 0.356 e. The van der Waals surface area contributed by atoms with Gasteiger partial charge in [-0.2, -0.15) is 0 Å². The molecule has 2 aromatic rings. The van der Waals surface area contributed by atoms with Gasteiger partial charge in [0.1, 0.15) is 5.82 Å². The van der Waals surface area contributed by atoms with Crippen LogP contribution in [0, 0.1) is 0 Å². The Balaban J connectivity index is 1.92. The molecule has 1 aliphatic rings. The van der Waals surface area contributed by atoms with Crippen LogP contribution in [0.3, 0.4) is 0 Å². The van der Waals surface area contributed by atoms with Gasteiger partial charge < -0.3 is 14.8 Å². The molecule has 2 aromatic heterocycles. The maximum Gasteiger partial charge on any atom is 0.356 e. The molecular formula is C13H15N3O2. The summed E-state index contributed by atoms with van der Waals surface area (Å²) in [6.45, 7) is 0.614. The van der Waals surface area contributed by atoms with Crippen molar-refractivity contribution in [2.24, 2.45) is 0 Å². The Kier molecular flexibility index (Phi) is 2.76. The van der Waals surface area contributed by atoms with E-state index in [0.29, 0.717) is 18.1 Å². The molecule has 18 heavy (non-hydrogen) atoms. The van der Waals surface area contributed by atoms with Crippen molar-refractivity contribution in [2.75, 3.05) is 0 Å². The zero-order chi connectivity index (χ0) is 12.5. The number of carboxylic acid groups (broad SMARTS) is 1. The molecule has 0 radical (unpaired) electrons. The van der Waals surface area contributed by atoms with Crippen LogP contribution in [0.1, 0.15) is 35.6 Å². The summed E-state index contributed by atoms with van der Waals surface area (Å²) in [7, 11) is 0. The molecule has 0 bridgehead atoms. The minimum Gasteiger partial charge on any atom is -0.476 e. The van der Waals surface area contributed by atoms with Crippen molar-refractivity contribution >= 4 is 11.5 Å². The second-order valence-electron chi connectivity index (χ2n) is 4.65. The van der Waals surface area contributed by atoms with Crippen LogP contribution in [0.5, 0.6) is 0 Å². The average Bonchev–Trinajstić information content (AvgIpc) is 2.67. The Labute approximate surface area is 104 Å². The second-order valence-corrected chi connectivity index (χ2v) is 4.65. The second kappa shape index (κ2) is 4.42. The lowest BCUT2D eigenvalue weighted by molar-refractivity contribution is 0.0693. The van der Waals surface area contributed by atoms with Gasteiger partial charge in [-0.05, 0) is 25.0 Å². The van der Waals surface area contributed by atoms with Gasteiger partial charge in [0.15, 0.2) is 5.69 Å². The Morgan fingerprint density at radius 1 is 1.50 bits per heavy atom. The number of aromatic nitrogens is 2. The summed E-state index contributed by atoms with van der Waals surface area (Å²) in [6.07, 6.45) is 5.54. The van der Waals surface area contributed by atoms with E-state index in [1.54, 1.807) is 6.07 Å². The van der Waals surface area contributed by atoms with E-state index in [4.69, 9.17) is 5.11 Å². The maximum absolute atomic E-state index is 11.1. The van der Waals surface area contributed by atoms with Gasteiger partial charge in [-0.1, -0.05) is 12.5 Å². The molecule has 5 nitrogen and oxygen atoms in total. The van der Waals surface area contributed by atoms with Crippen molar-refractivity contribution in [3.63, 3.8) is 0 Å². The van der Waals surface area contributed by atoms with Gasteiger partial charge in [-0.3, -0.25) is 0 Å². The van der Waals surface area contributed by atoms with Crippen molar-refractivity contribution < 1.29 is 9.90 Å². The third-order valence-electron chi connectivity index (χ3n) is 3.48. The number of carbonyl (C=O) groups is 1. The fourth-order valence-electron chi connectivity index (χ4n) is 2.23. The molecule has 1 fully saturated rings. The summed E-state index contributed by atoms with van der Waals surface area (Å²) in [6, 6.07) is 6.05. The Morgan fingerprint density at radius 2 is 2.33 bits per heavy atom. The highest BCUT2D eigenvalue weighted by Gasteiger charge is 2.19. The minimum absolute atomic E-state index is 0.126. The number of fused-ring (bicyclic) bond motifs is 1. The molecular weight excluding hydrogens is 230 g/mol. The van der Waals surface area contributed by atoms with Crippen LogP contribution in [0.2, 0.25) is 0 Å². The van der Waals surface area contributed by atoms with Crippen LogP contribution in [-0.2, 0) is 6.54 Å². The number of hydrogen-bond donors (Lipinski definition) is 2. The van der Waals surface area contributed by atoms with Crippen molar-refractivity contribution in [3.05, 3.63) is 35.9 Å². The van der Waals surface area contributed by atoms with E-state index in [1.165, 1.54) is 19.3 Å². The Morgan fingerprint density at radius 3 is 3.00 bits per heavy atom. The van der Waals surface area contributed by atoms with E-state index in [0.717, 1.165) is 5.82 Å². The molecule has 0 atom stereocenters. The highest BCUT2D eigenvalue weighted by atomic mass is 16.4. The summed E-state index contributed by atoms with van der Waals surface area (Å²) >= 11 is 0. The number of hydrogen-bond acceptors (Lipinski definition) is 3. The van der Waals surface area contributed by atoms with Gasteiger partial charge in [0, 0.05) is 12.2 Å². The molecule has 0 aliphatic heterocycles. The summed E-state index contributed by atoms with van der Waals surface area (Å²) in [5.41, 5.74) is 0.774. The molecule has 1 saturated carbocycles. The SMILES string of the molecule is O=C(O)c1nc(CNC2CCC2)n2ccccc12. The molecule has 2 N–H and O–H groups in total. The predicted octanol–water partition coefficient (Wildman–Crippen LogP) is 1.67. The highest BCUT2D eigenvalue weighted by molar-refractivity contribution is 5.93. The summed E-state index contributed by atoms with van der Waals surface area (Å²) in [5.74, 6) is -0.219. The van der Waals surface area contributed by atoms with Gasteiger partial charge in [-0.25, -0.2) is 9.78 Å². The van der Waals surface area contributed by atoms with Crippen LogP contribution < -0.4 is 5.32 Å². The first-order valence-corrected chi connectivity index (χ1v) is 6.18. The van der Waals surface area contributed by atoms with Gasteiger partial charge in [-0.15, -0.1) is 0 Å². The minimum atomic E-state index is -0.978. The molecule has 0 amide bonds. The lowest BCUT2D eigenvalue weighted by Crippen LogP contribution is -2.35. The summed E-state index contributed by atoms with van der Waals surface area (Å²) in [5, 5.41) is 12.5. The van der Waals surface area contributed by atoms with Crippen molar-refractivity contribution in [1.29, 1.82) is 0 Å². The predicted molar refractivity (Wildman–Crippen MR) is 66.6 cm³/mol.